The molecule has 1 aromatic carbocycles. The molecular formula is C12H9Cl2NO. The second-order valence-corrected chi connectivity index (χ2v) is 4.46. The number of carbonyl (C=O) groups excluding carboxylic acids is 1. The maximum Gasteiger partial charge on any atom is 0.255 e. The van der Waals surface area contributed by atoms with Crippen LogP contribution in [0.25, 0.3) is 10.9 Å². The van der Waals surface area contributed by atoms with Gasteiger partial charge in [0.2, 0.25) is 0 Å². The maximum atomic E-state index is 11.1. The summed E-state index contributed by atoms with van der Waals surface area (Å²) in [6, 6.07) is 3.93. The molecule has 0 aliphatic heterocycles. The normalized spacial score (nSPS) is 10.8. The first-order valence-electron chi connectivity index (χ1n) is 4.76. The predicted molar refractivity (Wildman–Crippen MR) is 66.4 cm³/mol. The van der Waals surface area contributed by atoms with Crippen LogP contribution in [-0.2, 0) is 0 Å². The molecule has 0 radical (unpaired) electrons. The molecule has 1 aromatic heterocycles. The lowest BCUT2D eigenvalue weighted by molar-refractivity contribution is 0.108. The van der Waals surface area contributed by atoms with Gasteiger partial charge in [0.25, 0.3) is 5.24 Å². The molecular weight excluding hydrogens is 245 g/mol. The van der Waals surface area contributed by atoms with E-state index >= 15 is 0 Å². The number of benzene rings is 1. The molecule has 16 heavy (non-hydrogen) atoms. The van der Waals surface area contributed by atoms with Crippen LogP contribution in [0.1, 0.15) is 21.5 Å². The van der Waals surface area contributed by atoms with E-state index in [9.17, 15) is 4.79 Å². The summed E-state index contributed by atoms with van der Waals surface area (Å²) in [5.74, 6) is 0. The molecule has 0 spiro atoms. The van der Waals surface area contributed by atoms with Crippen molar-refractivity contribution in [1.82, 2.24) is 4.98 Å². The Balaban J connectivity index is 2.89. The number of nitrogens with zero attached hydrogens (tertiary/aromatic N) is 1. The summed E-state index contributed by atoms with van der Waals surface area (Å²) in [7, 11) is 0. The van der Waals surface area contributed by atoms with Crippen LogP contribution in [0.5, 0.6) is 0 Å². The Morgan fingerprint density at radius 3 is 2.62 bits per heavy atom. The molecule has 0 N–H and O–H groups in total. The average molecular weight is 254 g/mol. The number of hydrogen-bond acceptors (Lipinski definition) is 2. The summed E-state index contributed by atoms with van der Waals surface area (Å²) in [6.07, 6.45) is 1.42. The van der Waals surface area contributed by atoms with Crippen LogP contribution >= 0.6 is 23.2 Å². The van der Waals surface area contributed by atoms with Crippen molar-refractivity contribution >= 4 is 39.3 Å². The van der Waals surface area contributed by atoms with Crippen LogP contribution in [0.15, 0.2) is 18.3 Å². The molecule has 82 valence electrons. The Morgan fingerprint density at radius 1 is 1.31 bits per heavy atom. The molecule has 2 aromatic rings. The second kappa shape index (κ2) is 4.04. The molecule has 0 bridgehead atoms. The fraction of sp³-hybridized carbons (Fsp3) is 0.167. The second-order valence-electron chi connectivity index (χ2n) is 3.74. The van der Waals surface area contributed by atoms with Gasteiger partial charge in [0.05, 0.1) is 16.1 Å². The summed E-state index contributed by atoms with van der Waals surface area (Å²) in [4.78, 5) is 15.3. The van der Waals surface area contributed by atoms with Gasteiger partial charge in [0, 0.05) is 11.6 Å². The molecule has 0 saturated carbocycles. The molecule has 0 fully saturated rings. The Bertz CT molecular complexity index is 593. The summed E-state index contributed by atoms with van der Waals surface area (Å²) < 4.78 is 0. The first-order valence-corrected chi connectivity index (χ1v) is 5.51. The number of aryl methyl sites for hydroxylation is 2. The van der Waals surface area contributed by atoms with Crippen molar-refractivity contribution in [1.29, 1.82) is 0 Å². The fourth-order valence-electron chi connectivity index (χ4n) is 1.77. The number of hydrogen-bond donors (Lipinski definition) is 0. The highest BCUT2D eigenvalue weighted by molar-refractivity contribution is 6.69. The average Bonchev–Trinajstić information content (AvgIpc) is 2.19. The third kappa shape index (κ3) is 1.79. The molecule has 0 aliphatic rings. The highest BCUT2D eigenvalue weighted by Gasteiger charge is 2.13. The molecule has 2 nitrogen and oxygen atoms in total. The molecule has 0 atom stereocenters. The molecule has 4 heteroatoms. The van der Waals surface area contributed by atoms with Crippen LogP contribution in [0.4, 0.5) is 0 Å². The van der Waals surface area contributed by atoms with E-state index in [1.165, 1.54) is 6.20 Å². The summed E-state index contributed by atoms with van der Waals surface area (Å²) in [5.41, 5.74) is 3.16. The summed E-state index contributed by atoms with van der Waals surface area (Å²) in [6.45, 7) is 3.93. The van der Waals surface area contributed by atoms with E-state index in [1.807, 2.05) is 26.0 Å². The van der Waals surface area contributed by atoms with Gasteiger partial charge in [-0.25, -0.2) is 0 Å². The number of fused-ring (bicyclic) bond motifs is 1. The van der Waals surface area contributed by atoms with Crippen molar-refractivity contribution in [2.45, 2.75) is 13.8 Å². The number of rotatable bonds is 1. The first kappa shape index (κ1) is 11.4. The SMILES string of the molecule is Cc1cc(C)c2ncc(C(=O)Cl)c(Cl)c2c1. The monoisotopic (exact) mass is 253 g/mol. The minimum absolute atomic E-state index is 0.251. The van der Waals surface area contributed by atoms with Gasteiger partial charge in [-0.05, 0) is 37.1 Å². The van der Waals surface area contributed by atoms with Crippen molar-refractivity contribution in [2.75, 3.05) is 0 Å². The van der Waals surface area contributed by atoms with Crippen LogP contribution in [0, 0.1) is 13.8 Å². The van der Waals surface area contributed by atoms with Crippen molar-refractivity contribution in [3.05, 3.63) is 40.0 Å². The molecule has 2 rings (SSSR count). The molecule has 0 aliphatic carbocycles. The zero-order valence-electron chi connectivity index (χ0n) is 8.84. The Kier molecular flexibility index (Phi) is 2.87. The summed E-state index contributed by atoms with van der Waals surface area (Å²) in [5, 5.41) is 0.557. The van der Waals surface area contributed by atoms with Crippen molar-refractivity contribution in [3.8, 4) is 0 Å². The van der Waals surface area contributed by atoms with Gasteiger partial charge >= 0.3 is 0 Å². The van der Waals surface area contributed by atoms with E-state index in [0.29, 0.717) is 5.02 Å². The zero-order valence-corrected chi connectivity index (χ0v) is 10.4. The third-order valence-electron chi connectivity index (χ3n) is 2.45. The summed E-state index contributed by atoms with van der Waals surface area (Å²) >= 11 is 11.6. The zero-order chi connectivity index (χ0) is 11.9. The van der Waals surface area contributed by atoms with Crippen LogP contribution < -0.4 is 0 Å². The van der Waals surface area contributed by atoms with E-state index in [4.69, 9.17) is 23.2 Å². The van der Waals surface area contributed by atoms with Crippen molar-refractivity contribution in [3.63, 3.8) is 0 Å². The van der Waals surface area contributed by atoms with Gasteiger partial charge in [-0.3, -0.25) is 9.78 Å². The number of halogens is 2. The largest absolute Gasteiger partial charge is 0.275 e. The Hall–Kier alpha value is -1.12. The van der Waals surface area contributed by atoms with Crippen LogP contribution in [0.2, 0.25) is 5.02 Å². The minimum atomic E-state index is -0.585. The topological polar surface area (TPSA) is 30.0 Å². The van der Waals surface area contributed by atoms with Gasteiger partial charge < -0.3 is 0 Å². The van der Waals surface area contributed by atoms with Crippen molar-refractivity contribution < 1.29 is 4.79 Å². The van der Waals surface area contributed by atoms with Gasteiger partial charge in [-0.1, -0.05) is 23.2 Å². The number of carbonyl (C=O) groups is 1. The van der Waals surface area contributed by atoms with Gasteiger partial charge in [-0.15, -0.1) is 0 Å². The van der Waals surface area contributed by atoms with E-state index in [2.05, 4.69) is 4.98 Å². The standard InChI is InChI=1S/C12H9Cl2NO/c1-6-3-7(2)11-8(4-6)10(13)9(5-15-11)12(14)16/h3-5H,1-2H3. The Labute approximate surface area is 103 Å². The lowest BCUT2D eigenvalue weighted by Gasteiger charge is -2.07. The number of pyridine rings is 1. The molecule has 1 heterocycles. The highest BCUT2D eigenvalue weighted by Crippen LogP contribution is 2.29. The molecule has 0 saturated heterocycles. The Morgan fingerprint density at radius 2 is 2.00 bits per heavy atom. The molecule has 0 unspecified atom stereocenters. The van der Waals surface area contributed by atoms with Crippen LogP contribution in [-0.4, -0.2) is 10.2 Å². The van der Waals surface area contributed by atoms with Crippen molar-refractivity contribution in [2.24, 2.45) is 0 Å². The van der Waals surface area contributed by atoms with E-state index in [0.717, 1.165) is 22.0 Å². The lowest BCUT2D eigenvalue weighted by atomic mass is 10.1. The smallest absolute Gasteiger partial charge is 0.255 e. The fourth-order valence-corrected chi connectivity index (χ4v) is 2.24. The van der Waals surface area contributed by atoms with Crippen LogP contribution in [0.3, 0.4) is 0 Å². The first-order chi connectivity index (χ1) is 7.50. The van der Waals surface area contributed by atoms with E-state index < -0.39 is 5.24 Å². The van der Waals surface area contributed by atoms with Gasteiger partial charge in [0.1, 0.15) is 0 Å². The van der Waals surface area contributed by atoms with E-state index in [-0.39, 0.29) is 5.56 Å². The van der Waals surface area contributed by atoms with Gasteiger partial charge in [-0.2, -0.15) is 0 Å². The minimum Gasteiger partial charge on any atom is -0.275 e. The quantitative estimate of drug-likeness (QED) is 0.722. The lowest BCUT2D eigenvalue weighted by Crippen LogP contribution is -1.95. The maximum absolute atomic E-state index is 11.1. The number of aromatic nitrogens is 1. The predicted octanol–water partition coefficient (Wildman–Crippen LogP) is 3.88. The highest BCUT2D eigenvalue weighted by atomic mass is 35.5. The third-order valence-corrected chi connectivity index (χ3v) is 3.06. The molecule has 0 amide bonds. The van der Waals surface area contributed by atoms with E-state index in [1.54, 1.807) is 0 Å². The van der Waals surface area contributed by atoms with Gasteiger partial charge in [0.15, 0.2) is 0 Å².